The maximum atomic E-state index is 9.40. The van der Waals surface area contributed by atoms with Crippen LogP contribution in [0.1, 0.15) is 16.8 Å². The zero-order valence-corrected chi connectivity index (χ0v) is 17.5. The molecule has 0 bridgehead atoms. The standard InChI is InChI=1S/C20H17BrN4O2S/c1-26-15-6-8-16(9-7-15)27-11-18-17(10-22)19(23)25-20(24-18)28-12-13-2-4-14(21)5-3-13/h2-9H,11-12H2,1H3,(H2,23,24,25). The summed E-state index contributed by atoms with van der Waals surface area (Å²) in [6.45, 7) is 0.119. The molecule has 0 unspecified atom stereocenters. The number of nitrogens with two attached hydrogens (primary N) is 1. The number of nitrogens with zero attached hydrogens (tertiary/aromatic N) is 3. The minimum atomic E-state index is 0.119. The molecule has 0 saturated heterocycles. The number of hydrogen-bond donors (Lipinski definition) is 1. The molecular formula is C20H17BrN4O2S. The van der Waals surface area contributed by atoms with E-state index in [0.717, 1.165) is 15.8 Å². The van der Waals surface area contributed by atoms with Crippen LogP contribution in [0.25, 0.3) is 0 Å². The molecule has 0 atom stereocenters. The second-order valence-electron chi connectivity index (χ2n) is 5.70. The van der Waals surface area contributed by atoms with Gasteiger partial charge in [0.05, 0.1) is 7.11 Å². The van der Waals surface area contributed by atoms with Crippen molar-refractivity contribution in [3.8, 4) is 17.6 Å². The lowest BCUT2D eigenvalue weighted by Crippen LogP contribution is -2.08. The van der Waals surface area contributed by atoms with E-state index in [0.29, 0.717) is 22.4 Å². The van der Waals surface area contributed by atoms with E-state index in [9.17, 15) is 5.26 Å². The summed E-state index contributed by atoms with van der Waals surface area (Å²) in [5.41, 5.74) is 7.80. The molecule has 1 aromatic heterocycles. The molecule has 0 fully saturated rings. The molecular weight excluding hydrogens is 440 g/mol. The minimum Gasteiger partial charge on any atom is -0.497 e. The third-order valence-electron chi connectivity index (χ3n) is 3.82. The van der Waals surface area contributed by atoms with Crippen LogP contribution in [-0.4, -0.2) is 17.1 Å². The van der Waals surface area contributed by atoms with Crippen LogP contribution in [0.3, 0.4) is 0 Å². The number of methoxy groups -OCH3 is 1. The quantitative estimate of drug-likeness (QED) is 0.410. The van der Waals surface area contributed by atoms with Gasteiger partial charge in [0.15, 0.2) is 5.16 Å². The van der Waals surface area contributed by atoms with Crippen molar-refractivity contribution in [3.05, 3.63) is 69.8 Å². The molecule has 2 aromatic carbocycles. The van der Waals surface area contributed by atoms with E-state index in [4.69, 9.17) is 15.2 Å². The van der Waals surface area contributed by atoms with Crippen molar-refractivity contribution >= 4 is 33.5 Å². The molecule has 0 aliphatic rings. The SMILES string of the molecule is COc1ccc(OCc2nc(SCc3ccc(Br)cc3)nc(N)c2C#N)cc1. The number of aromatic nitrogens is 2. The number of thioether (sulfide) groups is 1. The third kappa shape index (κ3) is 5.15. The van der Waals surface area contributed by atoms with Gasteiger partial charge < -0.3 is 15.2 Å². The lowest BCUT2D eigenvalue weighted by Gasteiger charge is -2.10. The summed E-state index contributed by atoms with van der Waals surface area (Å²) in [5, 5.41) is 9.90. The van der Waals surface area contributed by atoms with Crippen molar-refractivity contribution in [3.63, 3.8) is 0 Å². The Labute approximate surface area is 175 Å². The number of rotatable bonds is 7. The fourth-order valence-electron chi connectivity index (χ4n) is 2.35. The Hall–Kier alpha value is -2.76. The molecule has 0 saturated carbocycles. The molecule has 8 heteroatoms. The van der Waals surface area contributed by atoms with Gasteiger partial charge >= 0.3 is 0 Å². The van der Waals surface area contributed by atoms with E-state index < -0.39 is 0 Å². The topological polar surface area (TPSA) is 94.1 Å². The first-order chi connectivity index (χ1) is 13.6. The highest BCUT2D eigenvalue weighted by atomic mass is 79.9. The Morgan fingerprint density at radius 1 is 1.07 bits per heavy atom. The highest BCUT2D eigenvalue weighted by molar-refractivity contribution is 9.10. The highest BCUT2D eigenvalue weighted by Crippen LogP contribution is 2.25. The molecule has 3 aromatic rings. The number of nitriles is 1. The van der Waals surface area contributed by atoms with Gasteiger partial charge in [-0.05, 0) is 42.0 Å². The lowest BCUT2D eigenvalue weighted by atomic mass is 10.2. The number of halogens is 1. The van der Waals surface area contributed by atoms with Gasteiger partial charge in [0.2, 0.25) is 0 Å². The largest absolute Gasteiger partial charge is 0.497 e. The van der Waals surface area contributed by atoms with Gasteiger partial charge in [-0.15, -0.1) is 0 Å². The van der Waals surface area contributed by atoms with Crippen molar-refractivity contribution in [2.75, 3.05) is 12.8 Å². The molecule has 2 N–H and O–H groups in total. The van der Waals surface area contributed by atoms with Crippen LogP contribution in [0.15, 0.2) is 58.2 Å². The molecule has 3 rings (SSSR count). The molecule has 6 nitrogen and oxygen atoms in total. The first-order valence-electron chi connectivity index (χ1n) is 8.29. The number of ether oxygens (including phenoxy) is 2. The van der Waals surface area contributed by atoms with Crippen molar-refractivity contribution in [1.82, 2.24) is 9.97 Å². The van der Waals surface area contributed by atoms with Crippen molar-refractivity contribution < 1.29 is 9.47 Å². The van der Waals surface area contributed by atoms with Gasteiger partial charge in [-0.1, -0.05) is 39.8 Å². The average molecular weight is 457 g/mol. The summed E-state index contributed by atoms with van der Waals surface area (Å²) < 4.78 is 11.9. The number of nitrogen functional groups attached to an aromatic ring is 1. The van der Waals surface area contributed by atoms with Crippen LogP contribution in [0.2, 0.25) is 0 Å². The smallest absolute Gasteiger partial charge is 0.190 e. The van der Waals surface area contributed by atoms with E-state index in [2.05, 4.69) is 32.0 Å². The predicted octanol–water partition coefficient (Wildman–Crippen LogP) is 4.57. The maximum Gasteiger partial charge on any atom is 0.190 e. The molecule has 142 valence electrons. The number of hydrogen-bond acceptors (Lipinski definition) is 7. The fourth-order valence-corrected chi connectivity index (χ4v) is 3.44. The summed E-state index contributed by atoms with van der Waals surface area (Å²) in [5.74, 6) is 2.23. The molecule has 1 heterocycles. The molecule has 0 amide bonds. The second-order valence-corrected chi connectivity index (χ2v) is 7.56. The van der Waals surface area contributed by atoms with Crippen LogP contribution < -0.4 is 15.2 Å². The van der Waals surface area contributed by atoms with Gasteiger partial charge in [-0.2, -0.15) is 5.26 Å². The zero-order valence-electron chi connectivity index (χ0n) is 15.1. The molecule has 0 spiro atoms. The molecule has 0 radical (unpaired) electrons. The Kier molecular flexibility index (Phi) is 6.74. The average Bonchev–Trinajstić information content (AvgIpc) is 2.72. The lowest BCUT2D eigenvalue weighted by molar-refractivity contribution is 0.299. The number of anilines is 1. The molecule has 28 heavy (non-hydrogen) atoms. The summed E-state index contributed by atoms with van der Waals surface area (Å²) in [7, 11) is 1.60. The Balaban J connectivity index is 1.73. The summed E-state index contributed by atoms with van der Waals surface area (Å²) in [6, 6.07) is 17.3. The first kappa shape index (κ1) is 20.0. The fraction of sp³-hybridized carbons (Fsp3) is 0.150. The van der Waals surface area contributed by atoms with Gasteiger partial charge in [-0.3, -0.25) is 0 Å². The van der Waals surface area contributed by atoms with Gasteiger partial charge in [0, 0.05) is 10.2 Å². The predicted molar refractivity (Wildman–Crippen MR) is 112 cm³/mol. The van der Waals surface area contributed by atoms with Crippen LogP contribution in [0.4, 0.5) is 5.82 Å². The summed E-state index contributed by atoms with van der Waals surface area (Å²) in [6.07, 6.45) is 0. The Morgan fingerprint density at radius 3 is 2.39 bits per heavy atom. The van der Waals surface area contributed by atoms with Crippen molar-refractivity contribution in [2.45, 2.75) is 17.5 Å². The first-order valence-corrected chi connectivity index (χ1v) is 10.1. The van der Waals surface area contributed by atoms with E-state index in [-0.39, 0.29) is 18.0 Å². The molecule has 0 aliphatic heterocycles. The summed E-state index contributed by atoms with van der Waals surface area (Å²) >= 11 is 4.88. The Morgan fingerprint density at radius 2 is 1.75 bits per heavy atom. The van der Waals surface area contributed by atoms with Gasteiger partial charge in [0.1, 0.15) is 41.3 Å². The maximum absolute atomic E-state index is 9.40. The van der Waals surface area contributed by atoms with Crippen molar-refractivity contribution in [1.29, 1.82) is 5.26 Å². The van der Waals surface area contributed by atoms with Crippen molar-refractivity contribution in [2.24, 2.45) is 0 Å². The zero-order chi connectivity index (χ0) is 19.9. The van der Waals surface area contributed by atoms with Crippen LogP contribution in [-0.2, 0) is 12.4 Å². The monoisotopic (exact) mass is 456 g/mol. The van der Waals surface area contributed by atoms with E-state index in [1.54, 1.807) is 31.4 Å². The van der Waals surface area contributed by atoms with Crippen LogP contribution in [0, 0.1) is 11.3 Å². The number of benzene rings is 2. The third-order valence-corrected chi connectivity index (χ3v) is 5.27. The minimum absolute atomic E-state index is 0.119. The summed E-state index contributed by atoms with van der Waals surface area (Å²) in [4.78, 5) is 8.72. The Bertz CT molecular complexity index is 989. The molecule has 0 aliphatic carbocycles. The van der Waals surface area contributed by atoms with E-state index in [1.807, 2.05) is 24.3 Å². The normalized spacial score (nSPS) is 10.3. The van der Waals surface area contributed by atoms with Crippen LogP contribution in [0.5, 0.6) is 11.5 Å². The second kappa shape index (κ2) is 9.44. The highest BCUT2D eigenvalue weighted by Gasteiger charge is 2.14. The van der Waals surface area contributed by atoms with E-state index in [1.165, 1.54) is 11.8 Å². The van der Waals surface area contributed by atoms with Crippen LogP contribution >= 0.6 is 27.7 Å². The van der Waals surface area contributed by atoms with E-state index >= 15 is 0 Å². The van der Waals surface area contributed by atoms with Gasteiger partial charge in [-0.25, -0.2) is 9.97 Å². The van der Waals surface area contributed by atoms with Gasteiger partial charge in [0.25, 0.3) is 0 Å².